The maximum Gasteiger partial charge on any atom is 0.224 e. The Bertz CT molecular complexity index is 913. The van der Waals surface area contributed by atoms with Crippen molar-refractivity contribution in [2.45, 2.75) is 19.4 Å². The van der Waals surface area contributed by atoms with E-state index in [0.717, 1.165) is 16.3 Å². The summed E-state index contributed by atoms with van der Waals surface area (Å²) in [5.41, 5.74) is 2.23. The molecule has 0 aliphatic rings. The third-order valence-electron chi connectivity index (χ3n) is 3.65. The summed E-state index contributed by atoms with van der Waals surface area (Å²) in [6, 6.07) is 9.21. The number of aromatic nitrogens is 2. The Morgan fingerprint density at radius 3 is 2.44 bits per heavy atom. The summed E-state index contributed by atoms with van der Waals surface area (Å²) in [5.74, 6) is -0.908. The second-order valence-corrected chi connectivity index (χ2v) is 6.57. The molecule has 2 amide bonds. The fraction of sp³-hybridized carbons (Fsp3) is 0.158. The number of hydrogen-bond donors (Lipinski definition) is 2. The zero-order valence-electron chi connectivity index (χ0n) is 14.3. The highest BCUT2D eigenvalue weighted by Gasteiger charge is 2.09. The van der Waals surface area contributed by atoms with E-state index in [1.165, 1.54) is 35.6 Å². The van der Waals surface area contributed by atoms with Crippen LogP contribution < -0.4 is 10.6 Å². The monoisotopic (exact) mass is 384 g/mol. The van der Waals surface area contributed by atoms with Crippen LogP contribution in [0.4, 0.5) is 10.1 Å². The largest absolute Gasteiger partial charge is 0.350 e. The van der Waals surface area contributed by atoms with Crippen LogP contribution in [0.1, 0.15) is 18.5 Å². The highest BCUT2D eigenvalue weighted by Crippen LogP contribution is 2.22. The molecule has 1 aromatic carbocycles. The van der Waals surface area contributed by atoms with Gasteiger partial charge in [-0.2, -0.15) is 0 Å². The minimum Gasteiger partial charge on any atom is -0.350 e. The first-order valence-electron chi connectivity index (χ1n) is 8.27. The van der Waals surface area contributed by atoms with Gasteiger partial charge in [0, 0.05) is 41.9 Å². The number of rotatable bonds is 7. The molecular weight excluding hydrogens is 367 g/mol. The summed E-state index contributed by atoms with van der Waals surface area (Å²) in [6.07, 6.45) is 3.52. The van der Waals surface area contributed by atoms with Gasteiger partial charge in [-0.25, -0.2) is 9.37 Å². The lowest BCUT2D eigenvalue weighted by atomic mass is 10.2. The number of benzene rings is 1. The SMILES string of the molecule is O=C(CCC(=O)Nc1ccc(F)cc1)NCc1csc(-c2ccncc2)n1. The van der Waals surface area contributed by atoms with E-state index in [1.54, 1.807) is 12.4 Å². The maximum absolute atomic E-state index is 12.8. The smallest absolute Gasteiger partial charge is 0.224 e. The van der Waals surface area contributed by atoms with E-state index >= 15 is 0 Å². The number of anilines is 1. The molecule has 0 saturated heterocycles. The van der Waals surface area contributed by atoms with Crippen LogP contribution in [0.3, 0.4) is 0 Å². The molecule has 8 heteroatoms. The van der Waals surface area contributed by atoms with Crippen LogP contribution in [0.15, 0.2) is 54.2 Å². The molecule has 0 aliphatic heterocycles. The predicted octanol–water partition coefficient (Wildman–Crippen LogP) is 3.38. The van der Waals surface area contributed by atoms with Gasteiger partial charge in [-0.15, -0.1) is 11.3 Å². The van der Waals surface area contributed by atoms with Crippen LogP contribution in [-0.2, 0) is 16.1 Å². The Morgan fingerprint density at radius 2 is 1.70 bits per heavy atom. The zero-order valence-corrected chi connectivity index (χ0v) is 15.1. The second-order valence-electron chi connectivity index (χ2n) is 5.71. The number of nitrogens with one attached hydrogen (secondary N) is 2. The fourth-order valence-corrected chi connectivity index (χ4v) is 3.10. The van der Waals surface area contributed by atoms with Gasteiger partial charge in [-0.1, -0.05) is 0 Å². The van der Waals surface area contributed by atoms with Crippen molar-refractivity contribution < 1.29 is 14.0 Å². The highest BCUT2D eigenvalue weighted by atomic mass is 32.1. The number of pyridine rings is 1. The van der Waals surface area contributed by atoms with Gasteiger partial charge in [0.25, 0.3) is 0 Å². The summed E-state index contributed by atoms with van der Waals surface area (Å²) in [6.45, 7) is 0.306. The Kier molecular flexibility index (Phi) is 6.22. The Balaban J connectivity index is 1.41. The van der Waals surface area contributed by atoms with Crippen LogP contribution >= 0.6 is 11.3 Å². The van der Waals surface area contributed by atoms with E-state index in [0.29, 0.717) is 12.2 Å². The minimum absolute atomic E-state index is 0.0442. The lowest BCUT2D eigenvalue weighted by Gasteiger charge is -2.06. The molecular formula is C19H17FN4O2S. The quantitative estimate of drug-likeness (QED) is 0.654. The molecule has 3 aromatic rings. The topological polar surface area (TPSA) is 84.0 Å². The van der Waals surface area contributed by atoms with Crippen molar-refractivity contribution in [3.63, 3.8) is 0 Å². The van der Waals surface area contributed by atoms with Gasteiger partial charge in [0.05, 0.1) is 12.2 Å². The van der Waals surface area contributed by atoms with Gasteiger partial charge >= 0.3 is 0 Å². The van der Waals surface area contributed by atoms with Crippen LogP contribution in [0, 0.1) is 5.82 Å². The molecule has 2 N–H and O–H groups in total. The van der Waals surface area contributed by atoms with E-state index < -0.39 is 0 Å². The Morgan fingerprint density at radius 1 is 1.00 bits per heavy atom. The number of nitrogens with zero attached hydrogens (tertiary/aromatic N) is 2. The average Bonchev–Trinajstić information content (AvgIpc) is 3.16. The van der Waals surface area contributed by atoms with Gasteiger partial charge < -0.3 is 10.6 Å². The normalized spacial score (nSPS) is 10.4. The van der Waals surface area contributed by atoms with Crippen LogP contribution in [-0.4, -0.2) is 21.8 Å². The highest BCUT2D eigenvalue weighted by molar-refractivity contribution is 7.13. The van der Waals surface area contributed by atoms with Crippen molar-refractivity contribution in [2.75, 3.05) is 5.32 Å². The third kappa shape index (κ3) is 5.68. The van der Waals surface area contributed by atoms with Crippen molar-refractivity contribution in [1.82, 2.24) is 15.3 Å². The third-order valence-corrected chi connectivity index (χ3v) is 4.59. The molecule has 0 atom stereocenters. The van der Waals surface area contributed by atoms with Crippen molar-refractivity contribution >= 4 is 28.8 Å². The van der Waals surface area contributed by atoms with Gasteiger partial charge in [-0.05, 0) is 36.4 Å². The molecule has 0 unspecified atom stereocenters. The molecule has 6 nitrogen and oxygen atoms in total. The lowest BCUT2D eigenvalue weighted by molar-refractivity contribution is -0.124. The van der Waals surface area contributed by atoms with Gasteiger partial charge in [-0.3, -0.25) is 14.6 Å². The molecule has 0 spiro atoms. The summed E-state index contributed by atoms with van der Waals surface area (Å²) in [4.78, 5) is 32.2. The molecule has 0 aliphatic carbocycles. The minimum atomic E-state index is -0.374. The number of carbonyl (C=O) groups is 2. The summed E-state index contributed by atoms with van der Waals surface area (Å²) in [7, 11) is 0. The first kappa shape index (κ1) is 18.7. The van der Waals surface area contributed by atoms with E-state index in [2.05, 4.69) is 20.6 Å². The van der Waals surface area contributed by atoms with Crippen LogP contribution in [0.5, 0.6) is 0 Å². The number of halogens is 1. The van der Waals surface area contributed by atoms with E-state index in [9.17, 15) is 14.0 Å². The standard InChI is InChI=1S/C19H17FN4O2S/c20-14-1-3-15(4-2-14)23-18(26)6-5-17(25)22-11-16-12-27-19(24-16)13-7-9-21-10-8-13/h1-4,7-10,12H,5-6,11H2,(H,22,25)(H,23,26). The molecule has 2 heterocycles. The van der Waals surface area contributed by atoms with Crippen LogP contribution in [0.2, 0.25) is 0 Å². The number of thiazole rings is 1. The van der Waals surface area contributed by atoms with Crippen LogP contribution in [0.25, 0.3) is 10.6 Å². The summed E-state index contributed by atoms with van der Waals surface area (Å²) in [5, 5.41) is 8.12. The number of hydrogen-bond acceptors (Lipinski definition) is 5. The van der Waals surface area contributed by atoms with Gasteiger partial charge in [0.1, 0.15) is 10.8 Å². The molecule has 0 radical (unpaired) electrons. The Labute approximate surface area is 159 Å². The zero-order chi connectivity index (χ0) is 19.1. The van der Waals surface area contributed by atoms with E-state index in [4.69, 9.17) is 0 Å². The molecule has 138 valence electrons. The molecule has 0 bridgehead atoms. The van der Waals surface area contributed by atoms with Crippen molar-refractivity contribution in [3.05, 3.63) is 65.7 Å². The molecule has 0 saturated carbocycles. The molecule has 3 rings (SSSR count). The molecule has 0 fully saturated rings. The molecule has 27 heavy (non-hydrogen) atoms. The van der Waals surface area contributed by atoms with E-state index in [1.807, 2.05) is 17.5 Å². The number of amides is 2. The lowest BCUT2D eigenvalue weighted by Crippen LogP contribution is -2.24. The molecule has 2 aromatic heterocycles. The van der Waals surface area contributed by atoms with Gasteiger partial charge in [0.15, 0.2) is 0 Å². The predicted molar refractivity (Wildman–Crippen MR) is 101 cm³/mol. The first-order chi connectivity index (χ1) is 13.1. The summed E-state index contributed by atoms with van der Waals surface area (Å²) < 4.78 is 12.8. The maximum atomic E-state index is 12.8. The van der Waals surface area contributed by atoms with Gasteiger partial charge in [0.2, 0.25) is 11.8 Å². The fourth-order valence-electron chi connectivity index (χ4n) is 2.28. The Hall–Kier alpha value is -3.13. The van der Waals surface area contributed by atoms with E-state index in [-0.39, 0.29) is 30.5 Å². The number of carbonyl (C=O) groups excluding carboxylic acids is 2. The average molecular weight is 384 g/mol. The van der Waals surface area contributed by atoms with Crippen molar-refractivity contribution in [3.8, 4) is 10.6 Å². The first-order valence-corrected chi connectivity index (χ1v) is 9.15. The van der Waals surface area contributed by atoms with Crippen molar-refractivity contribution in [1.29, 1.82) is 0 Å². The second kappa shape index (κ2) is 9.00. The summed E-state index contributed by atoms with van der Waals surface area (Å²) >= 11 is 1.49. The van der Waals surface area contributed by atoms with Crippen molar-refractivity contribution in [2.24, 2.45) is 0 Å².